The fraction of sp³-hybridized carbons (Fsp3) is 0.667. The number of anilines is 1. The van der Waals surface area contributed by atoms with Gasteiger partial charge < -0.3 is 9.80 Å². The Morgan fingerprint density at radius 3 is 2.12 bits per heavy atom. The van der Waals surface area contributed by atoms with E-state index >= 15 is 0 Å². The van der Waals surface area contributed by atoms with Gasteiger partial charge in [0.05, 0.1) is 0 Å². The van der Waals surface area contributed by atoms with E-state index < -0.39 is 12.3 Å². The summed E-state index contributed by atoms with van der Waals surface area (Å²) in [6.07, 6.45) is 6.42. The van der Waals surface area contributed by atoms with E-state index in [-0.39, 0.29) is 30.3 Å². The average molecular weight is 575 g/mol. The summed E-state index contributed by atoms with van der Waals surface area (Å²) in [5.41, 5.74) is 4.73. The number of carbonyl (C=O) groups excluding carboxylic acids is 2. The molecule has 2 heterocycles. The van der Waals surface area contributed by atoms with Gasteiger partial charge in [-0.25, -0.2) is 8.78 Å². The van der Waals surface area contributed by atoms with Crippen molar-refractivity contribution in [3.05, 3.63) is 46.3 Å². The maximum Gasteiger partial charge on any atom is 0.245 e. The minimum absolute atomic E-state index is 0.0188. The van der Waals surface area contributed by atoms with E-state index in [2.05, 4.69) is 63.7 Å². The van der Waals surface area contributed by atoms with Crippen LogP contribution in [-0.2, 0) is 17.8 Å². The van der Waals surface area contributed by atoms with Gasteiger partial charge in [0.1, 0.15) is 12.2 Å². The zero-order chi connectivity index (χ0) is 30.5. The summed E-state index contributed by atoms with van der Waals surface area (Å²) in [5, 5.41) is 4.26. The van der Waals surface area contributed by atoms with Crippen molar-refractivity contribution in [1.29, 1.82) is 0 Å². The summed E-state index contributed by atoms with van der Waals surface area (Å²) in [6, 6.07) is 6.25. The van der Waals surface area contributed by atoms with Gasteiger partial charge in [0, 0.05) is 56.0 Å². The van der Waals surface area contributed by atoms with Crippen LogP contribution in [0.5, 0.6) is 0 Å². The molecule has 230 valence electrons. The first kappa shape index (κ1) is 34.4. The number of alkyl halides is 2. The van der Waals surface area contributed by atoms with Crippen LogP contribution in [0.1, 0.15) is 118 Å². The number of Topliss-reactive ketones (excluding diaryl/α,β-unsaturated/α-hetero) is 1. The highest BCUT2D eigenvalue weighted by molar-refractivity contribution is 5.94. The highest BCUT2D eigenvalue weighted by atomic mass is 19.3. The van der Waals surface area contributed by atoms with E-state index in [4.69, 9.17) is 0 Å². The van der Waals surface area contributed by atoms with Crippen molar-refractivity contribution in [1.82, 2.24) is 14.7 Å². The van der Waals surface area contributed by atoms with Crippen molar-refractivity contribution in [2.75, 3.05) is 31.1 Å². The standard InChI is InChI=1S/C23H28F2N4O2.C7H16.C3H8/c1-14-5-4-6-18(15(14)2)27-9-11-28(12-10-27)20(31)13-29-19-8-7-17(23(24)25)21(19)22(26-29)16(3)30;1-3-5-7-6-4-2;1-3-2/h4-6,17,23H,7-13H2,1-3H3;3-7H2,1-2H3;3H2,1-2H3. The number of halogens is 2. The molecule has 1 aromatic heterocycles. The second-order valence-corrected chi connectivity index (χ2v) is 11.3. The Kier molecular flexibility index (Phi) is 14.5. The van der Waals surface area contributed by atoms with Crippen LogP contribution in [0.4, 0.5) is 14.5 Å². The zero-order valence-corrected chi connectivity index (χ0v) is 26.4. The summed E-state index contributed by atoms with van der Waals surface area (Å²) in [5.74, 6) is -1.41. The predicted molar refractivity (Wildman–Crippen MR) is 164 cm³/mol. The Balaban J connectivity index is 0.000000508. The molecule has 0 bridgehead atoms. The molecule has 0 N–H and O–H groups in total. The maximum absolute atomic E-state index is 13.4. The highest BCUT2D eigenvalue weighted by Gasteiger charge is 2.38. The number of hydrogen-bond donors (Lipinski definition) is 0. The molecule has 1 saturated heterocycles. The van der Waals surface area contributed by atoms with E-state index in [1.165, 1.54) is 66.9 Å². The lowest BCUT2D eigenvalue weighted by atomic mass is 10.0. The number of amides is 1. The highest BCUT2D eigenvalue weighted by Crippen LogP contribution is 2.39. The summed E-state index contributed by atoms with van der Waals surface area (Å²) < 4.78 is 28.3. The largest absolute Gasteiger partial charge is 0.368 e. The number of benzene rings is 1. The number of aromatic nitrogens is 2. The summed E-state index contributed by atoms with van der Waals surface area (Å²) in [7, 11) is 0. The van der Waals surface area contributed by atoms with Crippen LogP contribution in [0, 0.1) is 13.8 Å². The fourth-order valence-electron chi connectivity index (χ4n) is 5.42. The van der Waals surface area contributed by atoms with E-state index in [1.807, 2.05) is 6.07 Å². The smallest absolute Gasteiger partial charge is 0.245 e. The van der Waals surface area contributed by atoms with Crippen molar-refractivity contribution in [2.24, 2.45) is 0 Å². The fourth-order valence-corrected chi connectivity index (χ4v) is 5.42. The van der Waals surface area contributed by atoms with Crippen molar-refractivity contribution in [2.45, 2.75) is 119 Å². The minimum Gasteiger partial charge on any atom is -0.368 e. The minimum atomic E-state index is -2.54. The van der Waals surface area contributed by atoms with Gasteiger partial charge >= 0.3 is 0 Å². The lowest BCUT2D eigenvalue weighted by molar-refractivity contribution is -0.132. The molecule has 2 aliphatic rings. The zero-order valence-electron chi connectivity index (χ0n) is 26.4. The van der Waals surface area contributed by atoms with E-state index in [0.29, 0.717) is 30.8 Å². The molecule has 1 fully saturated rings. The molecule has 4 rings (SSSR count). The molecule has 1 unspecified atom stereocenters. The lowest BCUT2D eigenvalue weighted by Gasteiger charge is -2.37. The first-order valence-electron chi connectivity index (χ1n) is 15.6. The molecule has 6 nitrogen and oxygen atoms in total. The number of piperazine rings is 1. The first-order valence-corrected chi connectivity index (χ1v) is 15.6. The van der Waals surface area contributed by atoms with E-state index in [0.717, 1.165) is 13.1 Å². The molecule has 1 aliphatic carbocycles. The van der Waals surface area contributed by atoms with Crippen LogP contribution in [-0.4, -0.2) is 59.0 Å². The van der Waals surface area contributed by atoms with Crippen LogP contribution < -0.4 is 4.90 Å². The van der Waals surface area contributed by atoms with Gasteiger partial charge in [-0.2, -0.15) is 5.10 Å². The van der Waals surface area contributed by atoms with Crippen molar-refractivity contribution >= 4 is 17.4 Å². The van der Waals surface area contributed by atoms with Gasteiger partial charge in [-0.15, -0.1) is 0 Å². The Labute approximate surface area is 246 Å². The van der Waals surface area contributed by atoms with Gasteiger partial charge in [-0.05, 0) is 43.9 Å². The van der Waals surface area contributed by atoms with Gasteiger partial charge in [-0.1, -0.05) is 78.4 Å². The third kappa shape index (κ3) is 9.37. The topological polar surface area (TPSA) is 58.4 Å². The number of hydrogen-bond acceptors (Lipinski definition) is 4. The SMILES string of the molecule is CC(=O)c1nn(CC(=O)N2CCN(c3cccc(C)c3C)CC2)c2c1C(C(F)F)CC2.CCC.CCCCCCC. The average Bonchev–Trinajstić information content (AvgIpc) is 3.53. The second-order valence-electron chi connectivity index (χ2n) is 11.3. The van der Waals surface area contributed by atoms with Crippen molar-refractivity contribution in [3.63, 3.8) is 0 Å². The van der Waals surface area contributed by atoms with Crippen LogP contribution in [0.3, 0.4) is 0 Å². The molecule has 2 aromatic rings. The molecule has 41 heavy (non-hydrogen) atoms. The van der Waals surface area contributed by atoms with Crippen LogP contribution in [0.25, 0.3) is 0 Å². The number of carbonyl (C=O) groups is 2. The summed E-state index contributed by atoms with van der Waals surface area (Å²) in [4.78, 5) is 29.0. The molecule has 1 aliphatic heterocycles. The number of unbranched alkanes of at least 4 members (excludes halogenated alkanes) is 4. The van der Waals surface area contributed by atoms with Gasteiger partial charge in [0.2, 0.25) is 12.3 Å². The Morgan fingerprint density at radius 2 is 1.59 bits per heavy atom. The van der Waals surface area contributed by atoms with Gasteiger partial charge in [0.15, 0.2) is 5.78 Å². The molecule has 1 aromatic carbocycles. The number of ketones is 1. The normalized spacial score (nSPS) is 16.1. The van der Waals surface area contributed by atoms with Crippen LogP contribution in [0.2, 0.25) is 0 Å². The van der Waals surface area contributed by atoms with Crippen LogP contribution in [0.15, 0.2) is 18.2 Å². The monoisotopic (exact) mass is 574 g/mol. The van der Waals surface area contributed by atoms with E-state index in [9.17, 15) is 18.4 Å². The van der Waals surface area contributed by atoms with Gasteiger partial charge in [-0.3, -0.25) is 14.3 Å². The number of rotatable bonds is 9. The predicted octanol–water partition coefficient (Wildman–Crippen LogP) is 7.74. The third-order valence-corrected chi connectivity index (χ3v) is 7.84. The molecular formula is C33H52F2N4O2. The Morgan fingerprint density at radius 1 is 0.976 bits per heavy atom. The number of fused-ring (bicyclic) bond motifs is 1. The third-order valence-electron chi connectivity index (χ3n) is 7.84. The second kappa shape index (κ2) is 17.2. The Bertz CT molecular complexity index is 1100. The quantitative estimate of drug-likeness (QED) is 0.227. The lowest BCUT2D eigenvalue weighted by Crippen LogP contribution is -2.50. The molecule has 1 atom stereocenters. The number of nitrogens with zero attached hydrogens (tertiary/aromatic N) is 4. The van der Waals surface area contributed by atoms with E-state index in [1.54, 1.807) is 4.90 Å². The molecular weight excluding hydrogens is 522 g/mol. The molecule has 0 radical (unpaired) electrons. The summed E-state index contributed by atoms with van der Waals surface area (Å²) in [6.45, 7) is 16.9. The van der Waals surface area contributed by atoms with Crippen LogP contribution >= 0.6 is 0 Å². The molecule has 8 heteroatoms. The molecule has 0 saturated carbocycles. The molecule has 0 spiro atoms. The molecule has 1 amide bonds. The maximum atomic E-state index is 13.4. The van der Waals surface area contributed by atoms with Gasteiger partial charge in [0.25, 0.3) is 0 Å². The van der Waals surface area contributed by atoms with Crippen molar-refractivity contribution in [3.8, 4) is 0 Å². The van der Waals surface area contributed by atoms with Crippen molar-refractivity contribution < 1.29 is 18.4 Å². The Hall–Kier alpha value is -2.77. The summed E-state index contributed by atoms with van der Waals surface area (Å²) >= 11 is 0. The first-order chi connectivity index (χ1) is 19.6. The number of aryl methyl sites for hydroxylation is 1.